The van der Waals surface area contributed by atoms with Gasteiger partial charge in [0.2, 0.25) is 5.91 Å². The van der Waals surface area contributed by atoms with Crippen molar-refractivity contribution in [3.63, 3.8) is 0 Å². The van der Waals surface area contributed by atoms with Gasteiger partial charge in [-0.05, 0) is 32.4 Å². The second-order valence-electron chi connectivity index (χ2n) is 6.99. The minimum Gasteiger partial charge on any atom is -0.475 e. The van der Waals surface area contributed by atoms with Crippen LogP contribution < -0.4 is 5.32 Å². The summed E-state index contributed by atoms with van der Waals surface area (Å²) in [6.45, 7) is 6.06. The van der Waals surface area contributed by atoms with E-state index in [2.05, 4.69) is 20.4 Å². The van der Waals surface area contributed by atoms with E-state index < -0.39 is 17.7 Å². The molecule has 30 heavy (non-hydrogen) atoms. The van der Waals surface area contributed by atoms with Crippen LogP contribution in [0.15, 0.2) is 31.0 Å². The number of halogens is 3. The first-order valence-corrected chi connectivity index (χ1v) is 8.68. The van der Waals surface area contributed by atoms with Crippen LogP contribution in [0.4, 0.5) is 13.2 Å². The molecular weight excluding hydrogens is 405 g/mol. The molecule has 0 unspecified atom stereocenters. The number of carbonyl (C=O) groups is 2. The Kier molecular flexibility index (Phi) is 6.48. The Balaban J connectivity index is 0.000000396. The number of carboxylic acids is 1. The van der Waals surface area contributed by atoms with Gasteiger partial charge in [-0.25, -0.2) is 14.8 Å². The van der Waals surface area contributed by atoms with E-state index in [0.29, 0.717) is 6.54 Å². The summed E-state index contributed by atoms with van der Waals surface area (Å²) < 4.78 is 35.3. The predicted octanol–water partition coefficient (Wildman–Crippen LogP) is 2.16. The monoisotopic (exact) mass is 426 g/mol. The molecule has 9 nitrogen and oxygen atoms in total. The van der Waals surface area contributed by atoms with E-state index in [1.807, 2.05) is 44.6 Å². The van der Waals surface area contributed by atoms with E-state index in [-0.39, 0.29) is 5.91 Å². The van der Waals surface area contributed by atoms with E-state index in [1.54, 1.807) is 23.4 Å². The van der Waals surface area contributed by atoms with Gasteiger partial charge in [0.15, 0.2) is 5.65 Å². The highest BCUT2D eigenvalue weighted by Gasteiger charge is 2.38. The number of nitrogens with one attached hydrogen (secondary N) is 1. The Morgan fingerprint density at radius 1 is 1.20 bits per heavy atom. The first-order chi connectivity index (χ1) is 13.8. The zero-order valence-electron chi connectivity index (χ0n) is 16.7. The summed E-state index contributed by atoms with van der Waals surface area (Å²) in [4.78, 5) is 30.0. The van der Waals surface area contributed by atoms with Crippen LogP contribution in [-0.2, 0) is 28.7 Å². The molecule has 0 aliphatic heterocycles. The Morgan fingerprint density at radius 2 is 1.83 bits per heavy atom. The molecule has 0 aliphatic rings. The highest BCUT2D eigenvalue weighted by molar-refractivity contribution is 5.83. The van der Waals surface area contributed by atoms with E-state index in [0.717, 1.165) is 22.3 Å². The van der Waals surface area contributed by atoms with E-state index in [1.165, 1.54) is 0 Å². The smallest absolute Gasteiger partial charge is 0.475 e. The van der Waals surface area contributed by atoms with Crippen molar-refractivity contribution in [3.05, 3.63) is 42.2 Å². The number of nitrogens with zero attached hydrogens (tertiary/aromatic N) is 5. The number of aromatic nitrogens is 5. The maximum Gasteiger partial charge on any atom is 0.490 e. The molecule has 1 amide bonds. The van der Waals surface area contributed by atoms with E-state index in [4.69, 9.17) is 9.90 Å². The molecule has 0 radical (unpaired) electrons. The van der Waals surface area contributed by atoms with Gasteiger partial charge in [-0.2, -0.15) is 18.3 Å². The molecule has 3 rings (SSSR count). The second-order valence-corrected chi connectivity index (χ2v) is 6.99. The predicted molar refractivity (Wildman–Crippen MR) is 100 cm³/mol. The van der Waals surface area contributed by atoms with Gasteiger partial charge < -0.3 is 15.0 Å². The minimum atomic E-state index is -5.08. The number of rotatable bonds is 4. The Morgan fingerprint density at radius 3 is 2.37 bits per heavy atom. The van der Waals surface area contributed by atoms with Crippen LogP contribution in [0.3, 0.4) is 0 Å². The summed E-state index contributed by atoms with van der Waals surface area (Å²) in [6.07, 6.45) is 1.99. The van der Waals surface area contributed by atoms with Crippen molar-refractivity contribution in [3.8, 4) is 0 Å². The maximum absolute atomic E-state index is 12.5. The Labute approximate surface area is 169 Å². The summed E-state index contributed by atoms with van der Waals surface area (Å²) in [7, 11) is 1.85. The van der Waals surface area contributed by atoms with Crippen molar-refractivity contribution in [1.82, 2.24) is 29.6 Å². The highest BCUT2D eigenvalue weighted by Crippen LogP contribution is 2.17. The Hall–Kier alpha value is -3.44. The average molecular weight is 426 g/mol. The topological polar surface area (TPSA) is 115 Å². The van der Waals surface area contributed by atoms with Gasteiger partial charge in [0, 0.05) is 31.4 Å². The van der Waals surface area contributed by atoms with Gasteiger partial charge >= 0.3 is 12.1 Å². The van der Waals surface area contributed by atoms with E-state index >= 15 is 0 Å². The standard InChI is InChI=1S/C16H20N6O.C2HF3O2/c1-11-9-22(10-19-11)16(2,3)15(23)18-7-12-5-13-8-20-21(4)14(13)17-6-12;3-2(4,5)1(6)7/h5-6,8-10H,7H2,1-4H3,(H,18,23);(H,6,7). The maximum atomic E-state index is 12.5. The molecule has 0 aliphatic carbocycles. The lowest BCUT2D eigenvalue weighted by Gasteiger charge is -2.25. The molecule has 0 atom stereocenters. The van der Waals surface area contributed by atoms with Crippen LogP contribution >= 0.6 is 0 Å². The van der Waals surface area contributed by atoms with Crippen molar-refractivity contribution < 1.29 is 27.9 Å². The first-order valence-electron chi connectivity index (χ1n) is 8.68. The second kappa shape index (κ2) is 8.51. The number of fused-ring (bicyclic) bond motifs is 1. The number of carbonyl (C=O) groups excluding carboxylic acids is 1. The van der Waals surface area contributed by atoms with Crippen molar-refractivity contribution >= 4 is 22.9 Å². The van der Waals surface area contributed by atoms with Crippen LogP contribution in [-0.4, -0.2) is 47.5 Å². The summed E-state index contributed by atoms with van der Waals surface area (Å²) >= 11 is 0. The molecule has 0 bridgehead atoms. The number of imidazole rings is 1. The lowest BCUT2D eigenvalue weighted by molar-refractivity contribution is -0.192. The fourth-order valence-corrected chi connectivity index (χ4v) is 2.43. The van der Waals surface area contributed by atoms with Gasteiger partial charge in [0.1, 0.15) is 5.54 Å². The molecule has 3 aromatic heterocycles. The average Bonchev–Trinajstić information content (AvgIpc) is 3.25. The van der Waals surface area contributed by atoms with Crippen molar-refractivity contribution in [2.24, 2.45) is 7.05 Å². The van der Waals surface area contributed by atoms with Crippen LogP contribution in [0.1, 0.15) is 25.1 Å². The van der Waals surface area contributed by atoms with Crippen LogP contribution in [0.25, 0.3) is 11.0 Å². The van der Waals surface area contributed by atoms with Gasteiger partial charge in [-0.1, -0.05) is 0 Å². The lowest BCUT2D eigenvalue weighted by Crippen LogP contribution is -2.43. The molecule has 0 aromatic carbocycles. The third-order valence-electron chi connectivity index (χ3n) is 4.24. The van der Waals surface area contributed by atoms with Gasteiger partial charge in [0.25, 0.3) is 0 Å². The molecule has 3 aromatic rings. The van der Waals surface area contributed by atoms with Gasteiger partial charge in [0.05, 0.1) is 18.2 Å². The minimum absolute atomic E-state index is 0.0683. The molecule has 0 saturated heterocycles. The normalized spacial score (nSPS) is 11.7. The largest absolute Gasteiger partial charge is 0.490 e. The Bertz CT molecular complexity index is 1060. The zero-order valence-corrected chi connectivity index (χ0v) is 16.7. The molecule has 162 valence electrons. The molecule has 12 heteroatoms. The molecule has 0 saturated carbocycles. The SMILES string of the molecule is Cc1cn(C(C)(C)C(=O)NCc2cnc3c(cnn3C)c2)cn1.O=C(O)C(F)(F)F. The number of aliphatic carboxylic acids is 1. The molecule has 3 heterocycles. The van der Waals surface area contributed by atoms with Gasteiger partial charge in [-0.3, -0.25) is 9.48 Å². The summed E-state index contributed by atoms with van der Waals surface area (Å²) in [5, 5.41) is 15.2. The van der Waals surface area contributed by atoms with Crippen LogP contribution in [0.2, 0.25) is 0 Å². The highest BCUT2D eigenvalue weighted by atomic mass is 19.4. The number of carboxylic acid groups (broad SMARTS) is 1. The zero-order chi connectivity index (χ0) is 22.7. The lowest BCUT2D eigenvalue weighted by atomic mass is 10.0. The fourth-order valence-electron chi connectivity index (χ4n) is 2.43. The number of hydrogen-bond acceptors (Lipinski definition) is 5. The number of aryl methyl sites for hydroxylation is 2. The molecular formula is C18H21F3N6O3. The first kappa shape index (κ1) is 22.8. The summed E-state index contributed by atoms with van der Waals surface area (Å²) in [6, 6.07) is 1.99. The third kappa shape index (κ3) is 5.33. The van der Waals surface area contributed by atoms with Crippen molar-refractivity contribution in [1.29, 1.82) is 0 Å². The number of hydrogen-bond donors (Lipinski definition) is 2. The van der Waals surface area contributed by atoms with E-state index in [9.17, 15) is 18.0 Å². The molecule has 0 fully saturated rings. The quantitative estimate of drug-likeness (QED) is 0.661. The third-order valence-corrected chi connectivity index (χ3v) is 4.24. The number of alkyl halides is 3. The number of amides is 1. The molecule has 2 N–H and O–H groups in total. The summed E-state index contributed by atoms with van der Waals surface area (Å²) in [5.41, 5.74) is 1.95. The molecule has 0 spiro atoms. The van der Waals surface area contributed by atoms with Crippen LogP contribution in [0.5, 0.6) is 0 Å². The fraction of sp³-hybridized carbons (Fsp3) is 0.389. The number of pyridine rings is 1. The van der Waals surface area contributed by atoms with Crippen LogP contribution in [0, 0.1) is 6.92 Å². The van der Waals surface area contributed by atoms with Crippen molar-refractivity contribution in [2.75, 3.05) is 0 Å². The van der Waals surface area contributed by atoms with Crippen molar-refractivity contribution in [2.45, 2.75) is 39.0 Å². The van der Waals surface area contributed by atoms with Gasteiger partial charge in [-0.15, -0.1) is 0 Å². The summed E-state index contributed by atoms with van der Waals surface area (Å²) in [5.74, 6) is -2.83.